The van der Waals surface area contributed by atoms with E-state index < -0.39 is 29.6 Å². The van der Waals surface area contributed by atoms with E-state index in [-0.39, 0.29) is 19.3 Å². The minimum absolute atomic E-state index is 0.249. The molecule has 0 fully saturated rings. The minimum atomic E-state index is -4.75. The van der Waals surface area contributed by atoms with Gasteiger partial charge in [0.1, 0.15) is 0 Å². The van der Waals surface area contributed by atoms with Crippen molar-refractivity contribution in [3.63, 3.8) is 0 Å². The number of alkyl halides is 3. The smallest absolute Gasteiger partial charge is 0.425 e. The van der Waals surface area contributed by atoms with Crippen molar-refractivity contribution in [2.24, 2.45) is 5.41 Å². The lowest BCUT2D eigenvalue weighted by Gasteiger charge is -2.29. The molecule has 0 bridgehead atoms. The number of carbonyl (C=O) groups excluding carboxylic acids is 1. The fourth-order valence-electron chi connectivity index (χ4n) is 3.16. The van der Waals surface area contributed by atoms with Gasteiger partial charge < -0.3 is 9.84 Å². The van der Waals surface area contributed by atoms with Crippen molar-refractivity contribution >= 4 is 17.5 Å². The molecule has 1 aromatic rings. The Hall–Kier alpha value is -2.57. The highest BCUT2D eigenvalue weighted by atomic mass is 19.4. The van der Waals surface area contributed by atoms with Gasteiger partial charge in [0.2, 0.25) is 0 Å². The van der Waals surface area contributed by atoms with E-state index in [4.69, 9.17) is 4.74 Å². The number of allylic oxidation sites excluding steroid dienone is 3. The number of rotatable bonds is 9. The average molecular weight is 410 g/mol. The third-order valence-corrected chi connectivity index (χ3v) is 4.98. The molecule has 1 aliphatic carbocycles. The van der Waals surface area contributed by atoms with Crippen LogP contribution >= 0.6 is 0 Å². The molecule has 2 rings (SSSR count). The molecule has 0 radical (unpaired) electrons. The zero-order valence-electron chi connectivity index (χ0n) is 16.2. The topological polar surface area (TPSA) is 63.6 Å². The number of benzene rings is 1. The predicted octanol–water partition coefficient (Wildman–Crippen LogP) is 5.55. The van der Waals surface area contributed by atoms with Gasteiger partial charge in [-0.1, -0.05) is 74.7 Å². The Labute approximate surface area is 168 Å². The van der Waals surface area contributed by atoms with E-state index in [1.807, 2.05) is 37.3 Å². The molecule has 1 aliphatic rings. The molecule has 158 valence electrons. The first kappa shape index (κ1) is 22.7. The highest BCUT2D eigenvalue weighted by molar-refractivity contribution is 6.03. The quantitative estimate of drug-likeness (QED) is 0.330. The van der Waals surface area contributed by atoms with E-state index in [0.717, 1.165) is 24.5 Å². The summed E-state index contributed by atoms with van der Waals surface area (Å²) in [5, 5.41) is 9.62. The van der Waals surface area contributed by atoms with Crippen molar-refractivity contribution < 1.29 is 32.6 Å². The minimum Gasteiger partial charge on any atom is -0.480 e. The Morgan fingerprint density at radius 1 is 1.17 bits per heavy atom. The standard InChI is InChI=1S/C22H25F3O4/c1-2-3-4-8-11-18(22(23,24)25)29-20(28)21(19(26)27)14-12-17(13-15-21)16-9-6-5-7-10-16/h5-7,9-10,12-14,18H,2-4,8,11,15H2,1H3,(H,26,27). The third-order valence-electron chi connectivity index (χ3n) is 4.98. The molecule has 1 N–H and O–H groups in total. The Bertz CT molecular complexity index is 768. The zero-order valence-corrected chi connectivity index (χ0v) is 16.2. The molecule has 0 saturated carbocycles. The van der Waals surface area contributed by atoms with Crippen LogP contribution in [0, 0.1) is 5.41 Å². The molecule has 2 unspecified atom stereocenters. The largest absolute Gasteiger partial charge is 0.480 e. The molecule has 0 saturated heterocycles. The van der Waals surface area contributed by atoms with E-state index >= 15 is 0 Å². The SMILES string of the molecule is CCCCCCC(OC(=O)C1(C(=O)O)C=CC(c2ccccc2)=CC1)C(F)(F)F. The summed E-state index contributed by atoms with van der Waals surface area (Å²) in [5.74, 6) is -2.92. The van der Waals surface area contributed by atoms with Crippen molar-refractivity contribution in [2.75, 3.05) is 0 Å². The number of carbonyl (C=O) groups is 2. The van der Waals surface area contributed by atoms with Crippen LogP contribution in [-0.4, -0.2) is 29.3 Å². The van der Waals surface area contributed by atoms with Crippen LogP contribution in [-0.2, 0) is 14.3 Å². The van der Waals surface area contributed by atoms with Gasteiger partial charge in [0.05, 0.1) is 0 Å². The number of carboxylic acid groups (broad SMARTS) is 1. The molecule has 4 nitrogen and oxygen atoms in total. The Kier molecular flexibility index (Phi) is 7.65. The lowest BCUT2D eigenvalue weighted by molar-refractivity contribution is -0.227. The molecular weight excluding hydrogens is 385 g/mol. The first-order valence-corrected chi connectivity index (χ1v) is 9.66. The zero-order chi connectivity index (χ0) is 21.5. The molecule has 2 atom stereocenters. The summed E-state index contributed by atoms with van der Waals surface area (Å²) >= 11 is 0. The van der Waals surface area contributed by atoms with Crippen LogP contribution in [0.15, 0.2) is 48.6 Å². The Morgan fingerprint density at radius 3 is 2.38 bits per heavy atom. The highest BCUT2D eigenvalue weighted by Crippen LogP contribution is 2.37. The Balaban J connectivity index is 2.15. The van der Waals surface area contributed by atoms with Gasteiger partial charge in [-0.25, -0.2) is 0 Å². The van der Waals surface area contributed by atoms with Gasteiger partial charge >= 0.3 is 18.1 Å². The van der Waals surface area contributed by atoms with Crippen molar-refractivity contribution in [1.82, 2.24) is 0 Å². The van der Waals surface area contributed by atoms with Crippen LogP contribution in [0.4, 0.5) is 13.2 Å². The maximum absolute atomic E-state index is 13.3. The fraction of sp³-hybridized carbons (Fsp3) is 0.455. The maximum Gasteiger partial charge on any atom is 0.425 e. The summed E-state index contributed by atoms with van der Waals surface area (Å²) in [6.45, 7) is 1.94. The van der Waals surface area contributed by atoms with Crippen molar-refractivity contribution in [2.45, 2.75) is 57.7 Å². The van der Waals surface area contributed by atoms with Crippen LogP contribution in [0.1, 0.15) is 51.0 Å². The second-order valence-electron chi connectivity index (χ2n) is 7.12. The van der Waals surface area contributed by atoms with Gasteiger partial charge in [-0.05, 0) is 30.4 Å². The molecule has 29 heavy (non-hydrogen) atoms. The van der Waals surface area contributed by atoms with Gasteiger partial charge in [-0.3, -0.25) is 9.59 Å². The van der Waals surface area contributed by atoms with E-state index in [9.17, 15) is 27.9 Å². The van der Waals surface area contributed by atoms with E-state index in [1.54, 1.807) is 0 Å². The third kappa shape index (κ3) is 5.71. The van der Waals surface area contributed by atoms with E-state index in [1.165, 1.54) is 12.2 Å². The molecule has 1 aromatic carbocycles. The van der Waals surface area contributed by atoms with Crippen molar-refractivity contribution in [3.8, 4) is 0 Å². The van der Waals surface area contributed by atoms with Crippen LogP contribution in [0.5, 0.6) is 0 Å². The molecular formula is C22H25F3O4. The number of carboxylic acids is 1. The van der Waals surface area contributed by atoms with Crippen molar-refractivity contribution in [3.05, 3.63) is 54.1 Å². The normalized spacial score (nSPS) is 20.1. The van der Waals surface area contributed by atoms with E-state index in [0.29, 0.717) is 12.0 Å². The number of halogens is 3. The monoisotopic (exact) mass is 410 g/mol. The molecule has 7 heteroatoms. The summed E-state index contributed by atoms with van der Waals surface area (Å²) in [6.07, 6.45) is -1.11. The summed E-state index contributed by atoms with van der Waals surface area (Å²) in [7, 11) is 0. The number of ether oxygens (including phenoxy) is 1. The van der Waals surface area contributed by atoms with Gasteiger partial charge in [-0.2, -0.15) is 13.2 Å². The summed E-state index contributed by atoms with van der Waals surface area (Å²) < 4.78 is 44.6. The molecule has 0 amide bonds. The summed E-state index contributed by atoms with van der Waals surface area (Å²) in [5.41, 5.74) is -0.645. The van der Waals surface area contributed by atoms with E-state index in [2.05, 4.69) is 0 Å². The highest BCUT2D eigenvalue weighted by Gasteiger charge is 2.50. The maximum atomic E-state index is 13.3. The molecule has 0 spiro atoms. The predicted molar refractivity (Wildman–Crippen MR) is 103 cm³/mol. The first-order chi connectivity index (χ1) is 13.7. The Morgan fingerprint density at radius 2 is 1.86 bits per heavy atom. The number of unbranched alkanes of at least 4 members (excludes halogenated alkanes) is 3. The van der Waals surface area contributed by atoms with Gasteiger partial charge in [0, 0.05) is 0 Å². The van der Waals surface area contributed by atoms with Crippen LogP contribution in [0.3, 0.4) is 0 Å². The van der Waals surface area contributed by atoms with Crippen LogP contribution < -0.4 is 0 Å². The fourth-order valence-corrected chi connectivity index (χ4v) is 3.16. The van der Waals surface area contributed by atoms with Gasteiger partial charge in [0.15, 0.2) is 11.5 Å². The number of aliphatic carboxylic acids is 1. The number of esters is 1. The molecule has 0 aromatic heterocycles. The molecule has 0 aliphatic heterocycles. The second-order valence-corrected chi connectivity index (χ2v) is 7.12. The molecule has 0 heterocycles. The summed E-state index contributed by atoms with van der Waals surface area (Å²) in [6, 6.07) is 9.08. The summed E-state index contributed by atoms with van der Waals surface area (Å²) in [4.78, 5) is 24.4. The van der Waals surface area contributed by atoms with Gasteiger partial charge in [-0.15, -0.1) is 0 Å². The number of hydrogen-bond acceptors (Lipinski definition) is 3. The average Bonchev–Trinajstić information content (AvgIpc) is 2.70. The first-order valence-electron chi connectivity index (χ1n) is 9.66. The number of hydrogen-bond donors (Lipinski definition) is 1. The lowest BCUT2D eigenvalue weighted by atomic mass is 9.79. The second kappa shape index (κ2) is 9.76. The van der Waals surface area contributed by atoms with Crippen LogP contribution in [0.2, 0.25) is 0 Å². The van der Waals surface area contributed by atoms with Crippen LogP contribution in [0.25, 0.3) is 5.57 Å². The lowest BCUT2D eigenvalue weighted by Crippen LogP contribution is -2.44. The van der Waals surface area contributed by atoms with Gasteiger partial charge in [0.25, 0.3) is 0 Å². The van der Waals surface area contributed by atoms with Crippen molar-refractivity contribution in [1.29, 1.82) is 0 Å².